The second-order valence-electron chi connectivity index (χ2n) is 7.86. The van der Waals surface area contributed by atoms with E-state index in [1.54, 1.807) is 6.26 Å². The number of aryl methyl sites for hydroxylation is 1. The summed E-state index contributed by atoms with van der Waals surface area (Å²) in [5, 5.41) is 5.75. The SMILES string of the molecule is Cc1cc(-c2csc(NC(=O)[C@@H]3C[C@@H]4C=C[C@H]3C4)n2)c(C)n1Cc1ccco1. The zero-order valence-corrected chi connectivity index (χ0v) is 16.8. The van der Waals surface area contributed by atoms with E-state index < -0.39 is 0 Å². The maximum Gasteiger partial charge on any atom is 0.229 e. The normalized spacial score (nSPS) is 22.9. The van der Waals surface area contributed by atoms with Crippen molar-refractivity contribution in [3.8, 4) is 11.3 Å². The van der Waals surface area contributed by atoms with Gasteiger partial charge in [-0.1, -0.05) is 12.2 Å². The first-order valence-corrected chi connectivity index (χ1v) is 10.6. The summed E-state index contributed by atoms with van der Waals surface area (Å²) in [7, 11) is 0. The van der Waals surface area contributed by atoms with Crippen molar-refractivity contribution in [3.63, 3.8) is 0 Å². The van der Waals surface area contributed by atoms with Crippen molar-refractivity contribution in [2.45, 2.75) is 33.2 Å². The molecule has 1 amide bonds. The van der Waals surface area contributed by atoms with Gasteiger partial charge in [0.2, 0.25) is 5.91 Å². The molecule has 1 N–H and O–H groups in total. The summed E-state index contributed by atoms with van der Waals surface area (Å²) in [6.45, 7) is 4.90. The molecule has 0 aliphatic heterocycles. The van der Waals surface area contributed by atoms with E-state index in [2.05, 4.69) is 41.9 Å². The molecule has 1 fully saturated rings. The maximum atomic E-state index is 12.7. The maximum absolute atomic E-state index is 12.7. The molecule has 3 aromatic rings. The molecule has 6 heteroatoms. The predicted octanol–water partition coefficient (Wildman–Crippen LogP) is 5.02. The fourth-order valence-corrected chi connectivity index (χ4v) is 5.31. The molecule has 3 heterocycles. The number of carbonyl (C=O) groups excluding carboxylic acids is 1. The van der Waals surface area contributed by atoms with Gasteiger partial charge in [0.15, 0.2) is 5.13 Å². The van der Waals surface area contributed by atoms with Gasteiger partial charge in [0.25, 0.3) is 0 Å². The van der Waals surface area contributed by atoms with Crippen LogP contribution in [0.15, 0.2) is 46.4 Å². The standard InChI is InChI=1S/C22H23N3O2S/c1-13-8-18(14(2)25(13)11-17-4-3-7-27-17)20-12-28-22(23-20)24-21(26)19-10-15-5-6-16(19)9-15/h3-8,12,15-16,19H,9-11H2,1-2H3,(H,23,24,26)/t15-,16+,19-/m1/s1. The van der Waals surface area contributed by atoms with Crippen molar-refractivity contribution in [1.82, 2.24) is 9.55 Å². The molecule has 2 aliphatic carbocycles. The third-order valence-corrected chi connectivity index (χ3v) is 6.85. The van der Waals surface area contributed by atoms with Gasteiger partial charge < -0.3 is 14.3 Å². The molecule has 3 aromatic heterocycles. The first kappa shape index (κ1) is 17.5. The van der Waals surface area contributed by atoms with Crippen molar-refractivity contribution in [2.75, 3.05) is 5.32 Å². The Morgan fingerprint density at radius 1 is 1.36 bits per heavy atom. The molecule has 1 saturated carbocycles. The Balaban J connectivity index is 1.33. The lowest BCUT2D eigenvalue weighted by atomic mass is 9.93. The second kappa shape index (κ2) is 6.78. The summed E-state index contributed by atoms with van der Waals surface area (Å²) in [6.07, 6.45) is 8.27. The molecule has 5 rings (SSSR count). The Morgan fingerprint density at radius 3 is 2.96 bits per heavy atom. The highest BCUT2D eigenvalue weighted by Crippen LogP contribution is 2.44. The van der Waals surface area contributed by atoms with Crippen molar-refractivity contribution in [3.05, 3.63) is 59.1 Å². The summed E-state index contributed by atoms with van der Waals surface area (Å²) < 4.78 is 7.72. The minimum Gasteiger partial charge on any atom is -0.467 e. The lowest BCUT2D eigenvalue weighted by Gasteiger charge is -2.16. The van der Waals surface area contributed by atoms with Crippen LogP contribution in [0.5, 0.6) is 0 Å². The molecule has 3 atom stereocenters. The summed E-state index contributed by atoms with van der Waals surface area (Å²) >= 11 is 1.49. The number of thiazole rings is 1. The van der Waals surface area contributed by atoms with E-state index in [4.69, 9.17) is 9.40 Å². The monoisotopic (exact) mass is 393 g/mol. The molecule has 5 nitrogen and oxygen atoms in total. The minimum absolute atomic E-state index is 0.0979. The Labute approximate surface area is 168 Å². The topological polar surface area (TPSA) is 60.1 Å². The van der Waals surface area contributed by atoms with Crippen LogP contribution in [-0.4, -0.2) is 15.5 Å². The van der Waals surface area contributed by atoms with Gasteiger partial charge in [-0.05, 0) is 56.7 Å². The summed E-state index contributed by atoms with van der Waals surface area (Å²) in [5.74, 6) is 2.14. The number of furan rings is 1. The average Bonchev–Trinajstić information content (AvgIpc) is 3.49. The Bertz CT molecular complexity index is 1040. The minimum atomic E-state index is 0.0979. The third kappa shape index (κ3) is 3.02. The zero-order valence-electron chi connectivity index (χ0n) is 16.0. The number of hydrogen-bond donors (Lipinski definition) is 1. The molecule has 2 bridgehead atoms. The van der Waals surface area contributed by atoms with Gasteiger partial charge in [-0.3, -0.25) is 4.79 Å². The van der Waals surface area contributed by atoms with Crippen molar-refractivity contribution >= 4 is 22.4 Å². The van der Waals surface area contributed by atoms with E-state index >= 15 is 0 Å². The van der Waals surface area contributed by atoms with Crippen LogP contribution >= 0.6 is 11.3 Å². The molecule has 0 saturated heterocycles. The number of allylic oxidation sites excluding steroid dienone is 2. The van der Waals surface area contributed by atoms with Crippen LogP contribution in [0.25, 0.3) is 11.3 Å². The van der Waals surface area contributed by atoms with E-state index in [1.807, 2.05) is 17.5 Å². The fourth-order valence-electron chi connectivity index (χ4n) is 4.60. The van der Waals surface area contributed by atoms with Gasteiger partial charge in [0.05, 0.1) is 18.5 Å². The number of nitrogens with zero attached hydrogens (tertiary/aromatic N) is 2. The van der Waals surface area contributed by atoms with Gasteiger partial charge in [-0.2, -0.15) is 0 Å². The average molecular weight is 394 g/mol. The highest BCUT2D eigenvalue weighted by molar-refractivity contribution is 7.14. The fraction of sp³-hybridized carbons (Fsp3) is 0.364. The van der Waals surface area contributed by atoms with Crippen LogP contribution < -0.4 is 5.32 Å². The Kier molecular flexibility index (Phi) is 4.23. The van der Waals surface area contributed by atoms with Crippen LogP contribution in [0.1, 0.15) is 30.0 Å². The van der Waals surface area contributed by atoms with E-state index in [0.717, 1.165) is 41.2 Å². The first-order chi connectivity index (χ1) is 13.6. The van der Waals surface area contributed by atoms with E-state index in [-0.39, 0.29) is 11.8 Å². The van der Waals surface area contributed by atoms with Crippen molar-refractivity contribution in [2.24, 2.45) is 17.8 Å². The van der Waals surface area contributed by atoms with Crippen LogP contribution in [0, 0.1) is 31.6 Å². The molecular formula is C22H23N3O2S. The number of nitrogens with one attached hydrogen (secondary N) is 1. The summed E-state index contributed by atoms with van der Waals surface area (Å²) in [4.78, 5) is 17.4. The summed E-state index contributed by atoms with van der Waals surface area (Å²) in [5.41, 5.74) is 4.32. The molecule has 0 spiro atoms. The predicted molar refractivity (Wildman–Crippen MR) is 110 cm³/mol. The number of amides is 1. The number of hydrogen-bond acceptors (Lipinski definition) is 4. The van der Waals surface area contributed by atoms with E-state index in [1.165, 1.54) is 11.3 Å². The first-order valence-electron chi connectivity index (χ1n) is 9.72. The van der Waals surface area contributed by atoms with Gasteiger partial charge in [-0.25, -0.2) is 4.98 Å². The quantitative estimate of drug-likeness (QED) is 0.619. The van der Waals surface area contributed by atoms with Crippen LogP contribution in [-0.2, 0) is 11.3 Å². The van der Waals surface area contributed by atoms with Gasteiger partial charge in [0.1, 0.15) is 5.76 Å². The second-order valence-corrected chi connectivity index (χ2v) is 8.72. The molecule has 0 unspecified atom stereocenters. The lowest BCUT2D eigenvalue weighted by Crippen LogP contribution is -2.25. The molecule has 0 radical (unpaired) electrons. The number of rotatable bonds is 5. The lowest BCUT2D eigenvalue weighted by molar-refractivity contribution is -0.120. The van der Waals surface area contributed by atoms with Crippen LogP contribution in [0.4, 0.5) is 5.13 Å². The number of anilines is 1. The zero-order chi connectivity index (χ0) is 19.3. The number of carbonyl (C=O) groups is 1. The van der Waals surface area contributed by atoms with Crippen molar-refractivity contribution in [1.29, 1.82) is 0 Å². The molecule has 28 heavy (non-hydrogen) atoms. The molecular weight excluding hydrogens is 370 g/mol. The third-order valence-electron chi connectivity index (χ3n) is 6.09. The highest BCUT2D eigenvalue weighted by atomic mass is 32.1. The van der Waals surface area contributed by atoms with Gasteiger partial charge in [0, 0.05) is 28.2 Å². The van der Waals surface area contributed by atoms with E-state index in [0.29, 0.717) is 23.5 Å². The van der Waals surface area contributed by atoms with E-state index in [9.17, 15) is 4.79 Å². The molecule has 144 valence electrons. The number of fused-ring (bicyclic) bond motifs is 2. The van der Waals surface area contributed by atoms with Crippen LogP contribution in [0.3, 0.4) is 0 Å². The smallest absolute Gasteiger partial charge is 0.229 e. The summed E-state index contributed by atoms with van der Waals surface area (Å²) in [6, 6.07) is 6.05. The van der Waals surface area contributed by atoms with Gasteiger partial charge in [-0.15, -0.1) is 11.3 Å². The highest BCUT2D eigenvalue weighted by Gasteiger charge is 2.39. The Morgan fingerprint density at radius 2 is 2.25 bits per heavy atom. The molecule has 0 aromatic carbocycles. The Hall–Kier alpha value is -2.60. The largest absolute Gasteiger partial charge is 0.467 e. The van der Waals surface area contributed by atoms with Crippen LogP contribution in [0.2, 0.25) is 0 Å². The van der Waals surface area contributed by atoms with Gasteiger partial charge >= 0.3 is 0 Å². The number of aromatic nitrogens is 2. The molecule has 2 aliphatic rings. The van der Waals surface area contributed by atoms with Crippen molar-refractivity contribution < 1.29 is 9.21 Å².